The number of pyridine rings is 3. The van der Waals surface area contributed by atoms with Crippen LogP contribution in [0.15, 0.2) is 220 Å². The van der Waals surface area contributed by atoms with Crippen molar-refractivity contribution in [3.05, 3.63) is 297 Å². The van der Waals surface area contributed by atoms with Crippen LogP contribution in [0.2, 0.25) is 0 Å². The zero-order valence-corrected chi connectivity index (χ0v) is 74.2. The number of hydrogen-bond acceptors (Lipinski definition) is 23. The van der Waals surface area contributed by atoms with Crippen molar-refractivity contribution in [1.82, 2.24) is 75.3 Å². The summed E-state index contributed by atoms with van der Waals surface area (Å²) in [6.45, 7) is 30.1. The number of benzene rings is 3. The smallest absolute Gasteiger partial charge is 0.410 e. The molecule has 10 aromatic rings. The minimum atomic E-state index is -1.12. The maximum atomic E-state index is 12.4. The van der Waals surface area contributed by atoms with Crippen LogP contribution in [-0.2, 0) is 14.3 Å². The summed E-state index contributed by atoms with van der Waals surface area (Å²) < 4.78 is 28.6. The molecule has 6 aliphatic rings. The summed E-state index contributed by atoms with van der Waals surface area (Å²) >= 11 is 19.8. The number of carboxylic acid groups (broad SMARTS) is 1. The Bertz CT molecular complexity index is 5240. The van der Waals surface area contributed by atoms with Gasteiger partial charge in [0.25, 0.3) is 22.8 Å². The monoisotopic (exact) mass is 1990 g/mol. The molecule has 612 valence electrons. The molecule has 16 rings (SSSR count). The lowest BCUT2D eigenvalue weighted by molar-refractivity contribution is -0.191. The number of likely N-dealkylation sites (tertiary alicyclic amines) is 1. The summed E-state index contributed by atoms with van der Waals surface area (Å²) in [5.41, 5.74) is 8.43. The first-order valence-corrected chi connectivity index (χ1v) is 41.7. The van der Waals surface area contributed by atoms with E-state index in [-0.39, 0.29) is 46.8 Å². The maximum Gasteiger partial charge on any atom is 0.410 e. The van der Waals surface area contributed by atoms with E-state index in [1.54, 1.807) is 59.1 Å². The van der Waals surface area contributed by atoms with Gasteiger partial charge in [-0.15, -0.1) is 9.97 Å². The van der Waals surface area contributed by atoms with E-state index in [0.29, 0.717) is 59.6 Å². The molecule has 28 nitrogen and oxygen atoms in total. The van der Waals surface area contributed by atoms with Crippen LogP contribution in [0.1, 0.15) is 138 Å². The minimum absolute atomic E-state index is 0.0184. The number of aromatic nitrogens is 11. The van der Waals surface area contributed by atoms with Gasteiger partial charge in [-0.25, -0.2) is 49.5 Å². The first kappa shape index (κ1) is 92.0. The van der Waals surface area contributed by atoms with E-state index in [1.165, 1.54) is 30.4 Å². The highest BCUT2D eigenvalue weighted by Gasteiger charge is 2.42. The Balaban J connectivity index is 0.000000164. The lowest BCUT2D eigenvalue weighted by atomic mass is 9.83. The molecule has 3 N–H and O–H groups in total. The number of piperidine rings is 3. The van der Waals surface area contributed by atoms with Crippen LogP contribution >= 0.6 is 97.9 Å². The highest BCUT2D eigenvalue weighted by Crippen LogP contribution is 2.46. The Morgan fingerprint density at radius 1 is 0.529 bits per heavy atom. The Morgan fingerprint density at radius 2 is 0.891 bits per heavy atom. The Hall–Kier alpha value is -10.9. The fraction of sp³-hybridized carbons (Fsp3) is 0.271. The van der Waals surface area contributed by atoms with Gasteiger partial charge in [-0.05, 0) is 207 Å². The molecule has 0 bridgehead atoms. The number of aromatic carboxylic acids is 1. The van der Waals surface area contributed by atoms with Crippen LogP contribution in [0.3, 0.4) is 0 Å². The normalized spacial score (nSPS) is 14.8. The number of hydrogen-bond donors (Lipinski definition) is 3. The number of carbonyl (C=O) groups excluding carboxylic acids is 5. The number of amides is 2. The van der Waals surface area contributed by atoms with Gasteiger partial charge >= 0.3 is 18.2 Å². The van der Waals surface area contributed by atoms with Crippen molar-refractivity contribution >= 4 is 156 Å². The molecule has 0 atom stereocenters. The summed E-state index contributed by atoms with van der Waals surface area (Å²) in [6, 6.07) is 35.9. The second-order valence-electron chi connectivity index (χ2n) is 27.4. The van der Waals surface area contributed by atoms with Crippen LogP contribution in [-0.4, -0.2) is 174 Å². The molecule has 13 heterocycles. The zero-order valence-electron chi connectivity index (χ0n) is 65.0. The number of ether oxygens (including phenoxy) is 4. The van der Waals surface area contributed by atoms with Crippen molar-refractivity contribution in [2.24, 2.45) is 0 Å². The molecule has 3 saturated heterocycles. The largest absolute Gasteiger partial charge is 0.482 e. The second-order valence-corrected chi connectivity index (χ2v) is 32.4. The maximum absolute atomic E-state index is 12.4. The molecule has 3 aromatic carbocycles. The average Bonchev–Trinajstić information content (AvgIpc) is 0.772. The number of carboxylic acids is 1. The highest BCUT2D eigenvalue weighted by molar-refractivity contribution is 14.1. The van der Waals surface area contributed by atoms with Crippen LogP contribution in [0.25, 0.3) is 26.4 Å². The van der Waals surface area contributed by atoms with Crippen molar-refractivity contribution in [2.45, 2.75) is 95.5 Å². The van der Waals surface area contributed by atoms with E-state index < -0.39 is 22.4 Å². The number of carbonyl (C=O) groups is 4. The van der Waals surface area contributed by atoms with Crippen LogP contribution in [0, 0.1) is 17.0 Å². The molecule has 2 amide bonds. The van der Waals surface area contributed by atoms with Gasteiger partial charge in [0.15, 0.2) is 3.83 Å². The number of fused-ring (bicyclic) bond motifs is 3. The summed E-state index contributed by atoms with van der Waals surface area (Å²) in [7, 11) is 0. The topological polar surface area (TPSA) is 341 Å². The number of para-hydroxylation sites is 3. The van der Waals surface area contributed by atoms with Gasteiger partial charge in [0.05, 0.1) is 17.9 Å². The molecule has 34 heteroatoms. The Morgan fingerprint density at radius 3 is 1.22 bits per heavy atom. The van der Waals surface area contributed by atoms with E-state index in [4.69, 9.17) is 58.4 Å². The predicted molar refractivity (Wildman–Crippen MR) is 468 cm³/mol. The first-order chi connectivity index (χ1) is 57.2. The third-order valence-electron chi connectivity index (χ3n) is 18.2. The average molecular weight is 2000 g/mol. The summed E-state index contributed by atoms with van der Waals surface area (Å²) in [5, 5.41) is 14.5. The lowest BCUT2D eigenvalue weighted by Crippen LogP contribution is -2.50. The first-order valence-electron chi connectivity index (χ1n) is 37.0. The van der Waals surface area contributed by atoms with Gasteiger partial charge in [-0.2, -0.15) is 9.59 Å². The molecule has 0 radical (unpaired) electrons. The quantitative estimate of drug-likeness (QED) is 0.0550. The molecule has 0 unspecified atom stereocenters. The van der Waals surface area contributed by atoms with E-state index >= 15 is 0 Å². The van der Waals surface area contributed by atoms with Crippen LogP contribution < -0.4 is 24.8 Å². The summed E-state index contributed by atoms with van der Waals surface area (Å²) in [6.07, 6.45) is 31.5. The SMILES string of the molecule is Brc1cnc(I)nc1.C1=C(c2cccnc2)c2ccccc2OC12CCNCC2.CCN(CC)C(=O)c1ncc(Br)cn1.O=C(Cl)c1ncc(Br)cn1.O=C(O)c1ncc(Br)cn1.O=C=O.[C-]#[N+]c1ccc(C2=CC3(CCN(C(=O)OC(C)(C)C)CC3)Oc3ccccc32)cn1.[C-]#[N+]c1ccc(C2=CC3(CCNCC3)Oc3ccccc32)cn1. The van der Waals surface area contributed by atoms with Gasteiger partial charge in [-0.1, -0.05) is 85.9 Å². The van der Waals surface area contributed by atoms with E-state index in [1.807, 2.05) is 114 Å². The third-order valence-corrected chi connectivity index (χ3v) is 20.6. The Kier molecular flexibility index (Phi) is 34.7. The summed E-state index contributed by atoms with van der Waals surface area (Å²) in [4.78, 5) is 114. The van der Waals surface area contributed by atoms with Gasteiger partial charge in [0, 0.05) is 183 Å². The standard InChI is InChI=1S/C24H25N3O3.C19H17N3O.C18H18N2O.C9H12BrN3O.C5H2BrClN2O.C5H3BrN2O2.C4H2BrIN2.CO2/c1-23(2,3)30-22(28)27-13-11-24(12-14-27)15-19(17-9-10-21(25-4)26-16-17)18-7-5-6-8-20(18)29-24;1-20-18-7-6-14(13-22-18)16-12-19(8-10-21-11-9-19)23-17-5-3-2-4-15(16)17;1-2-6-17-15(5-1)16(14-4-3-9-20-13-14)12-18(21-17)7-10-19-11-8-18;1-3-13(4-2)9(14)8-11-5-7(10)6-12-8;6-3-1-8-5(4(7)10)9-2-3;6-3-1-7-4(5(9)10)8-2-3;5-3-1-7-4(6)8-2-3;2-1-3/h5-10,15-16H,11-14H2,1-3H3;2-7,12-13,21H,8-11H2;1-6,9,12-13,19H,7-8,10-11H2;5-6H,3-4H2,1-2H3;1-2H;1-2H,(H,9,10);1-2H;. The summed E-state index contributed by atoms with van der Waals surface area (Å²) in [5.74, 6) is 2.38. The number of nitrogens with one attached hydrogen (secondary N) is 2. The Labute approximate surface area is 740 Å². The van der Waals surface area contributed by atoms with E-state index in [0.717, 1.165) is 126 Å². The molecular formula is C85H79Br4ClIN17O11. The van der Waals surface area contributed by atoms with Gasteiger partial charge in [0.2, 0.25) is 17.5 Å². The molecule has 6 aliphatic heterocycles. The van der Waals surface area contributed by atoms with Gasteiger partial charge < -0.3 is 54.2 Å². The van der Waals surface area contributed by atoms with Gasteiger partial charge in [-0.3, -0.25) is 14.6 Å². The van der Waals surface area contributed by atoms with Gasteiger partial charge in [0.1, 0.15) is 52.0 Å². The van der Waals surface area contributed by atoms with Crippen molar-refractivity contribution in [2.75, 3.05) is 52.4 Å². The zero-order chi connectivity index (χ0) is 85.5. The molecule has 3 fully saturated rings. The fourth-order valence-corrected chi connectivity index (χ4v) is 13.8. The van der Waals surface area contributed by atoms with Crippen molar-refractivity contribution < 1.29 is 52.8 Å². The fourth-order valence-electron chi connectivity index (χ4n) is 12.6. The predicted octanol–water partition coefficient (Wildman–Crippen LogP) is 17.4. The number of halogens is 6. The van der Waals surface area contributed by atoms with Crippen LogP contribution in [0.4, 0.5) is 16.4 Å². The second kappa shape index (κ2) is 44.8. The minimum Gasteiger partial charge on any atom is -0.482 e. The molecular weight excluding hydrogens is 1920 g/mol. The number of nitrogens with zero attached hydrogens (tertiary/aromatic N) is 15. The van der Waals surface area contributed by atoms with E-state index in [9.17, 15) is 19.2 Å². The van der Waals surface area contributed by atoms with Crippen LogP contribution in [0.5, 0.6) is 17.2 Å². The molecule has 0 saturated carbocycles. The molecule has 3 spiro atoms. The van der Waals surface area contributed by atoms with E-state index in [2.05, 4.69) is 210 Å². The molecule has 7 aromatic heterocycles. The number of rotatable bonds is 8. The highest BCUT2D eigenvalue weighted by atomic mass is 127. The van der Waals surface area contributed by atoms with Crippen molar-refractivity contribution in [3.8, 4) is 17.2 Å². The van der Waals surface area contributed by atoms with Crippen molar-refractivity contribution in [1.29, 1.82) is 0 Å². The molecule has 0 aliphatic carbocycles. The van der Waals surface area contributed by atoms with Crippen molar-refractivity contribution in [3.63, 3.8) is 0 Å². The lowest BCUT2D eigenvalue weighted by Gasteiger charge is -2.43. The third kappa shape index (κ3) is 27.1. The molecule has 119 heavy (non-hydrogen) atoms.